The van der Waals surface area contributed by atoms with Crippen LogP contribution in [0.15, 0.2) is 29.3 Å². The molecular formula is C24H40N4O2. The first kappa shape index (κ1) is 22.9. The summed E-state index contributed by atoms with van der Waals surface area (Å²) in [5.74, 6) is 3.12. The van der Waals surface area contributed by atoms with Crippen LogP contribution in [0.25, 0.3) is 0 Å². The summed E-state index contributed by atoms with van der Waals surface area (Å²) in [5, 5.41) is 3.53. The van der Waals surface area contributed by atoms with Crippen molar-refractivity contribution < 1.29 is 9.47 Å². The highest BCUT2D eigenvalue weighted by Gasteiger charge is 2.31. The van der Waals surface area contributed by atoms with Crippen LogP contribution in [0.3, 0.4) is 0 Å². The molecule has 0 amide bonds. The van der Waals surface area contributed by atoms with E-state index in [0.717, 1.165) is 57.6 Å². The number of aliphatic imine (C=N–C) groups is 1. The lowest BCUT2D eigenvalue weighted by Gasteiger charge is -2.39. The molecule has 2 heterocycles. The number of guanidine groups is 1. The Morgan fingerprint density at radius 2 is 1.97 bits per heavy atom. The molecule has 0 aromatic heterocycles. The van der Waals surface area contributed by atoms with E-state index in [1.807, 2.05) is 0 Å². The molecule has 2 aliphatic rings. The molecule has 6 heteroatoms. The van der Waals surface area contributed by atoms with Crippen molar-refractivity contribution in [3.05, 3.63) is 29.8 Å². The Kier molecular flexibility index (Phi) is 8.82. The lowest BCUT2D eigenvalue weighted by molar-refractivity contribution is 0.114. The number of nitrogens with one attached hydrogen (secondary N) is 1. The Morgan fingerprint density at radius 3 is 2.67 bits per heavy atom. The van der Waals surface area contributed by atoms with Crippen LogP contribution in [-0.2, 0) is 4.74 Å². The maximum absolute atomic E-state index is 5.65. The Hall–Kier alpha value is -1.79. The number of likely N-dealkylation sites (tertiary alicyclic amines) is 2. The maximum atomic E-state index is 5.65. The molecule has 3 unspecified atom stereocenters. The Balaban J connectivity index is 1.69. The highest BCUT2D eigenvalue weighted by Crippen LogP contribution is 2.36. The van der Waals surface area contributed by atoms with Crippen molar-refractivity contribution >= 4 is 5.96 Å². The van der Waals surface area contributed by atoms with Crippen molar-refractivity contribution in [2.75, 3.05) is 60.1 Å². The van der Waals surface area contributed by atoms with Crippen molar-refractivity contribution in [1.29, 1.82) is 0 Å². The zero-order valence-corrected chi connectivity index (χ0v) is 19.3. The van der Waals surface area contributed by atoms with Gasteiger partial charge in [-0.1, -0.05) is 12.1 Å². The first-order chi connectivity index (χ1) is 14.7. The number of methoxy groups -OCH3 is 1. The molecule has 0 aliphatic carbocycles. The number of benzene rings is 1. The number of piperidine rings is 1. The lowest BCUT2D eigenvalue weighted by atomic mass is 9.85. The topological polar surface area (TPSA) is 49.3 Å². The Morgan fingerprint density at radius 1 is 1.17 bits per heavy atom. The van der Waals surface area contributed by atoms with Gasteiger partial charge < -0.3 is 19.7 Å². The highest BCUT2D eigenvalue weighted by atomic mass is 16.5. The summed E-state index contributed by atoms with van der Waals surface area (Å²) >= 11 is 0. The molecule has 30 heavy (non-hydrogen) atoms. The number of hydrogen-bond donors (Lipinski definition) is 1. The van der Waals surface area contributed by atoms with Crippen molar-refractivity contribution in [1.82, 2.24) is 15.1 Å². The van der Waals surface area contributed by atoms with Gasteiger partial charge in [-0.25, -0.2) is 0 Å². The van der Waals surface area contributed by atoms with Crippen LogP contribution in [0.2, 0.25) is 0 Å². The number of nitrogens with zero attached hydrogens (tertiary/aromatic N) is 3. The molecule has 1 aromatic carbocycles. The van der Waals surface area contributed by atoms with Gasteiger partial charge in [-0.05, 0) is 70.3 Å². The normalized spacial score (nSPS) is 25.5. The molecule has 6 nitrogen and oxygen atoms in total. The Labute approximate surface area is 182 Å². The van der Waals surface area contributed by atoms with Crippen LogP contribution >= 0.6 is 0 Å². The minimum Gasteiger partial charge on any atom is -0.497 e. The van der Waals surface area contributed by atoms with Crippen molar-refractivity contribution in [3.63, 3.8) is 0 Å². The molecule has 168 valence electrons. The fraction of sp³-hybridized carbons (Fsp3) is 0.708. The van der Waals surface area contributed by atoms with Gasteiger partial charge in [-0.15, -0.1) is 0 Å². The zero-order valence-electron chi connectivity index (χ0n) is 19.3. The summed E-state index contributed by atoms with van der Waals surface area (Å²) in [4.78, 5) is 10.0. The van der Waals surface area contributed by atoms with Crippen molar-refractivity contribution in [3.8, 4) is 5.75 Å². The molecule has 1 aromatic rings. The summed E-state index contributed by atoms with van der Waals surface area (Å²) in [6.07, 6.45) is 3.64. The van der Waals surface area contributed by atoms with Crippen LogP contribution in [0.1, 0.15) is 44.7 Å². The van der Waals surface area contributed by atoms with Gasteiger partial charge in [0.2, 0.25) is 0 Å². The van der Waals surface area contributed by atoms with E-state index in [4.69, 9.17) is 14.5 Å². The van der Waals surface area contributed by atoms with E-state index < -0.39 is 0 Å². The molecule has 0 radical (unpaired) electrons. The molecule has 1 N–H and O–H groups in total. The molecule has 0 spiro atoms. The van der Waals surface area contributed by atoms with Gasteiger partial charge in [0.05, 0.1) is 13.7 Å². The van der Waals surface area contributed by atoms with Gasteiger partial charge in [0.25, 0.3) is 0 Å². The van der Waals surface area contributed by atoms with Crippen LogP contribution in [0, 0.1) is 11.8 Å². The van der Waals surface area contributed by atoms with E-state index >= 15 is 0 Å². The summed E-state index contributed by atoms with van der Waals surface area (Å²) in [5.41, 5.74) is 1.36. The number of rotatable bonds is 8. The Bertz CT molecular complexity index is 664. The minimum absolute atomic E-state index is 0.403. The molecule has 3 atom stereocenters. The third-order valence-electron chi connectivity index (χ3n) is 6.42. The average molecular weight is 417 g/mol. The van der Waals surface area contributed by atoms with E-state index in [1.54, 1.807) is 7.11 Å². The average Bonchev–Trinajstić information content (AvgIpc) is 3.24. The highest BCUT2D eigenvalue weighted by molar-refractivity contribution is 5.80. The quantitative estimate of drug-likeness (QED) is 0.520. The number of ether oxygens (including phenoxy) is 2. The summed E-state index contributed by atoms with van der Waals surface area (Å²) in [7, 11) is 3.97. The van der Waals surface area contributed by atoms with Crippen LogP contribution in [-0.4, -0.2) is 75.9 Å². The van der Waals surface area contributed by atoms with Crippen molar-refractivity contribution in [2.45, 2.75) is 39.2 Å². The van der Waals surface area contributed by atoms with Crippen LogP contribution < -0.4 is 10.1 Å². The lowest BCUT2D eigenvalue weighted by Crippen LogP contribution is -2.42. The maximum Gasteiger partial charge on any atom is 0.193 e. The fourth-order valence-electron chi connectivity index (χ4n) is 4.85. The molecule has 3 rings (SSSR count). The van der Waals surface area contributed by atoms with Gasteiger partial charge >= 0.3 is 0 Å². The van der Waals surface area contributed by atoms with Crippen molar-refractivity contribution in [2.24, 2.45) is 16.8 Å². The minimum atomic E-state index is 0.403. The molecule has 2 saturated heterocycles. The van der Waals surface area contributed by atoms with Gasteiger partial charge in [0, 0.05) is 44.7 Å². The zero-order chi connectivity index (χ0) is 21.3. The van der Waals surface area contributed by atoms with E-state index in [1.165, 1.54) is 24.8 Å². The molecule has 2 aliphatic heterocycles. The smallest absolute Gasteiger partial charge is 0.193 e. The number of hydrogen-bond acceptors (Lipinski definition) is 4. The second-order valence-electron chi connectivity index (χ2n) is 8.56. The van der Waals surface area contributed by atoms with Crippen LogP contribution in [0.5, 0.6) is 5.75 Å². The third-order valence-corrected chi connectivity index (χ3v) is 6.42. The fourth-order valence-corrected chi connectivity index (χ4v) is 4.85. The summed E-state index contributed by atoms with van der Waals surface area (Å²) in [6, 6.07) is 8.98. The predicted molar refractivity (Wildman–Crippen MR) is 123 cm³/mol. The molecule has 0 saturated carbocycles. The third kappa shape index (κ3) is 5.88. The largest absolute Gasteiger partial charge is 0.497 e. The standard InChI is InChI=1S/C24H40N4O2/c1-5-25-24(28-15-13-19(17-28)18-30-6-2)26-16-21-8-7-14-27(3)23(21)20-9-11-22(29-4)12-10-20/h9-12,19,21,23H,5-8,13-18H2,1-4H3,(H,25,26). The van der Waals surface area contributed by atoms with Gasteiger partial charge in [-0.2, -0.15) is 0 Å². The predicted octanol–water partition coefficient (Wildman–Crippen LogP) is 3.40. The van der Waals surface area contributed by atoms with Crippen LogP contribution in [0.4, 0.5) is 0 Å². The second-order valence-corrected chi connectivity index (χ2v) is 8.56. The SMILES string of the molecule is CCNC(=NCC1CCCN(C)C1c1ccc(OC)cc1)N1CCC(COCC)C1. The van der Waals surface area contributed by atoms with Gasteiger partial charge in [0.15, 0.2) is 5.96 Å². The molecule has 0 bridgehead atoms. The summed E-state index contributed by atoms with van der Waals surface area (Å²) < 4.78 is 11.0. The van der Waals surface area contributed by atoms with Gasteiger partial charge in [0.1, 0.15) is 5.75 Å². The monoisotopic (exact) mass is 416 g/mol. The van der Waals surface area contributed by atoms with E-state index in [2.05, 4.69) is 60.3 Å². The van der Waals surface area contributed by atoms with E-state index in [9.17, 15) is 0 Å². The van der Waals surface area contributed by atoms with E-state index in [0.29, 0.717) is 17.9 Å². The first-order valence-electron chi connectivity index (χ1n) is 11.6. The molecular weight excluding hydrogens is 376 g/mol. The first-order valence-corrected chi connectivity index (χ1v) is 11.6. The summed E-state index contributed by atoms with van der Waals surface area (Å²) in [6.45, 7) is 10.9. The second kappa shape index (κ2) is 11.6. The van der Waals surface area contributed by atoms with E-state index in [-0.39, 0.29) is 0 Å². The molecule has 2 fully saturated rings. The van der Waals surface area contributed by atoms with Gasteiger partial charge in [-0.3, -0.25) is 9.89 Å².